The molecule has 0 saturated carbocycles. The Morgan fingerprint density at radius 3 is 2.37 bits per heavy atom. The molecule has 1 N–H and O–H groups in total. The second kappa shape index (κ2) is 8.71. The molecule has 0 atom stereocenters. The molecule has 0 spiro atoms. The average molecular weight is 413 g/mol. The molecule has 2 aromatic heterocycles. The van der Waals surface area contributed by atoms with Crippen molar-refractivity contribution in [3.05, 3.63) is 34.0 Å². The van der Waals surface area contributed by atoms with Gasteiger partial charge in [0, 0.05) is 54.6 Å². The molecular formula is C22H32N6O2. The number of H-pyrrole nitrogens is 1. The number of hydrogen-bond donors (Lipinski definition) is 1. The molecule has 162 valence electrons. The highest BCUT2D eigenvalue weighted by molar-refractivity contribution is 5.79. The van der Waals surface area contributed by atoms with Crippen LogP contribution in [0.3, 0.4) is 0 Å². The maximum absolute atomic E-state index is 12.8. The zero-order valence-electron chi connectivity index (χ0n) is 18.5. The van der Waals surface area contributed by atoms with Crippen LogP contribution in [0.4, 0.5) is 5.82 Å². The number of ether oxygens (including phenoxy) is 1. The fourth-order valence-electron chi connectivity index (χ4n) is 4.39. The van der Waals surface area contributed by atoms with Gasteiger partial charge in [-0.2, -0.15) is 5.10 Å². The lowest BCUT2D eigenvalue weighted by atomic mass is 9.95. The van der Waals surface area contributed by atoms with Crippen molar-refractivity contribution in [2.75, 3.05) is 44.3 Å². The van der Waals surface area contributed by atoms with Crippen LogP contribution in [0.1, 0.15) is 52.8 Å². The van der Waals surface area contributed by atoms with Gasteiger partial charge in [0.25, 0.3) is 0 Å². The van der Waals surface area contributed by atoms with E-state index < -0.39 is 0 Å². The molecule has 30 heavy (non-hydrogen) atoms. The largest absolute Gasteiger partial charge is 0.378 e. The number of aromatic nitrogens is 4. The van der Waals surface area contributed by atoms with Gasteiger partial charge >= 0.3 is 0 Å². The molecule has 8 nitrogen and oxygen atoms in total. The number of anilines is 1. The van der Waals surface area contributed by atoms with Crippen LogP contribution >= 0.6 is 0 Å². The van der Waals surface area contributed by atoms with Crippen molar-refractivity contribution in [1.29, 1.82) is 0 Å². The van der Waals surface area contributed by atoms with Crippen molar-refractivity contribution in [3.63, 3.8) is 0 Å². The van der Waals surface area contributed by atoms with Crippen LogP contribution < -0.4 is 4.90 Å². The molecular weight excluding hydrogens is 380 g/mol. The van der Waals surface area contributed by atoms with E-state index in [2.05, 4.69) is 28.9 Å². The van der Waals surface area contributed by atoms with Gasteiger partial charge in [-0.1, -0.05) is 0 Å². The number of carbonyl (C=O) groups excluding carboxylic acids is 1. The Balaban J connectivity index is 1.42. The fraction of sp³-hybridized carbons (Fsp3) is 0.636. The predicted octanol–water partition coefficient (Wildman–Crippen LogP) is 2.22. The van der Waals surface area contributed by atoms with E-state index in [9.17, 15) is 4.79 Å². The van der Waals surface area contributed by atoms with E-state index in [1.54, 1.807) is 0 Å². The molecule has 4 rings (SSSR count). The summed E-state index contributed by atoms with van der Waals surface area (Å²) in [6.07, 6.45) is 2.22. The molecule has 2 aliphatic heterocycles. The summed E-state index contributed by atoms with van der Waals surface area (Å²) in [7, 11) is 0. The van der Waals surface area contributed by atoms with Gasteiger partial charge in [0.2, 0.25) is 5.91 Å². The number of hydrogen-bond acceptors (Lipinski definition) is 6. The molecule has 8 heteroatoms. The van der Waals surface area contributed by atoms with Crippen molar-refractivity contribution in [2.24, 2.45) is 0 Å². The molecule has 2 aliphatic rings. The Labute approximate surface area is 178 Å². The van der Waals surface area contributed by atoms with Gasteiger partial charge in [0.15, 0.2) is 0 Å². The highest BCUT2D eigenvalue weighted by Crippen LogP contribution is 2.30. The molecule has 4 heterocycles. The molecule has 2 aromatic rings. The minimum Gasteiger partial charge on any atom is -0.378 e. The third-order valence-corrected chi connectivity index (χ3v) is 6.51. The van der Waals surface area contributed by atoms with Crippen molar-refractivity contribution >= 4 is 11.7 Å². The number of rotatable bonds is 4. The van der Waals surface area contributed by atoms with E-state index in [0.717, 1.165) is 92.1 Å². The van der Waals surface area contributed by atoms with E-state index in [4.69, 9.17) is 14.7 Å². The van der Waals surface area contributed by atoms with Crippen molar-refractivity contribution in [2.45, 2.75) is 52.9 Å². The van der Waals surface area contributed by atoms with Crippen LogP contribution in [0.25, 0.3) is 0 Å². The second-order valence-electron chi connectivity index (χ2n) is 8.46. The number of carbonyl (C=O) groups is 1. The van der Waals surface area contributed by atoms with E-state index in [-0.39, 0.29) is 5.91 Å². The van der Waals surface area contributed by atoms with Gasteiger partial charge in [-0.05, 0) is 40.5 Å². The zero-order chi connectivity index (χ0) is 21.3. The summed E-state index contributed by atoms with van der Waals surface area (Å²) in [5.41, 5.74) is 5.12. The normalized spacial score (nSPS) is 18.1. The first-order valence-corrected chi connectivity index (χ1v) is 10.9. The zero-order valence-corrected chi connectivity index (χ0v) is 18.5. The van der Waals surface area contributed by atoms with E-state index in [1.165, 1.54) is 0 Å². The Morgan fingerprint density at radius 1 is 1.03 bits per heavy atom. The van der Waals surface area contributed by atoms with Gasteiger partial charge in [-0.15, -0.1) is 0 Å². The van der Waals surface area contributed by atoms with Crippen LogP contribution in [0.2, 0.25) is 0 Å². The Kier molecular flexibility index (Phi) is 6.04. The number of aromatic amines is 1. The summed E-state index contributed by atoms with van der Waals surface area (Å²) in [6, 6.07) is 0. The monoisotopic (exact) mass is 412 g/mol. The summed E-state index contributed by atoms with van der Waals surface area (Å²) >= 11 is 0. The molecule has 0 radical (unpaired) electrons. The summed E-state index contributed by atoms with van der Waals surface area (Å²) in [5, 5.41) is 7.17. The minimum atomic E-state index is 0.177. The first-order valence-electron chi connectivity index (χ1n) is 10.9. The number of aryl methyl sites for hydroxylation is 3. The number of amides is 1. The van der Waals surface area contributed by atoms with Crippen molar-refractivity contribution in [3.8, 4) is 0 Å². The maximum atomic E-state index is 12.8. The minimum absolute atomic E-state index is 0.177. The Bertz CT molecular complexity index is 891. The van der Waals surface area contributed by atoms with Gasteiger partial charge < -0.3 is 14.5 Å². The molecule has 0 aliphatic carbocycles. The molecule has 0 bridgehead atoms. The third kappa shape index (κ3) is 4.19. The summed E-state index contributed by atoms with van der Waals surface area (Å²) in [6.45, 7) is 12.8. The lowest BCUT2D eigenvalue weighted by molar-refractivity contribution is -0.131. The topological polar surface area (TPSA) is 87.2 Å². The molecule has 0 unspecified atom stereocenters. The predicted molar refractivity (Wildman–Crippen MR) is 115 cm³/mol. The fourth-order valence-corrected chi connectivity index (χ4v) is 4.39. The molecule has 2 saturated heterocycles. The van der Waals surface area contributed by atoms with Gasteiger partial charge in [0.1, 0.15) is 11.6 Å². The second-order valence-corrected chi connectivity index (χ2v) is 8.46. The standard InChI is InChI=1S/C22H32N6O2/c1-14-15(2)23-21(24-22(14)28-9-11-30-12-10-28)18-5-7-27(8-6-18)20(29)13-19-16(3)25-26-17(19)4/h18H,5-13H2,1-4H3,(H,25,26). The third-order valence-electron chi connectivity index (χ3n) is 6.51. The lowest BCUT2D eigenvalue weighted by Crippen LogP contribution is -2.40. The van der Waals surface area contributed by atoms with Crippen molar-refractivity contribution < 1.29 is 9.53 Å². The number of nitrogens with one attached hydrogen (secondary N) is 1. The van der Waals surface area contributed by atoms with E-state index in [0.29, 0.717) is 12.3 Å². The summed E-state index contributed by atoms with van der Waals surface area (Å²) in [4.78, 5) is 26.9. The highest BCUT2D eigenvalue weighted by atomic mass is 16.5. The number of morpholine rings is 1. The number of nitrogens with zero attached hydrogens (tertiary/aromatic N) is 5. The van der Waals surface area contributed by atoms with Crippen LogP contribution in [0, 0.1) is 27.7 Å². The van der Waals surface area contributed by atoms with E-state index >= 15 is 0 Å². The first kappa shape index (κ1) is 20.8. The molecule has 2 fully saturated rings. The van der Waals surface area contributed by atoms with Crippen LogP contribution in [-0.2, 0) is 16.0 Å². The summed E-state index contributed by atoms with van der Waals surface area (Å²) < 4.78 is 5.50. The number of likely N-dealkylation sites (tertiary alicyclic amines) is 1. The van der Waals surface area contributed by atoms with Gasteiger partial charge in [0.05, 0.1) is 25.3 Å². The van der Waals surface area contributed by atoms with Gasteiger partial charge in [-0.25, -0.2) is 9.97 Å². The highest BCUT2D eigenvalue weighted by Gasteiger charge is 2.28. The summed E-state index contributed by atoms with van der Waals surface area (Å²) in [5.74, 6) is 2.44. The van der Waals surface area contributed by atoms with Gasteiger partial charge in [-0.3, -0.25) is 9.89 Å². The smallest absolute Gasteiger partial charge is 0.227 e. The number of piperidine rings is 1. The SMILES string of the molecule is Cc1nc(C2CCN(C(=O)Cc3c(C)n[nH]c3C)CC2)nc(N2CCOCC2)c1C. The maximum Gasteiger partial charge on any atom is 0.227 e. The van der Waals surface area contributed by atoms with Crippen molar-refractivity contribution in [1.82, 2.24) is 25.1 Å². The average Bonchev–Trinajstić information content (AvgIpc) is 3.08. The Morgan fingerprint density at radius 2 is 1.73 bits per heavy atom. The molecule has 1 amide bonds. The molecule has 0 aromatic carbocycles. The first-order chi connectivity index (χ1) is 14.4. The lowest BCUT2D eigenvalue weighted by Gasteiger charge is -2.33. The quantitative estimate of drug-likeness (QED) is 0.829. The van der Waals surface area contributed by atoms with Crippen LogP contribution in [0.5, 0.6) is 0 Å². The Hall–Kier alpha value is -2.48. The van der Waals surface area contributed by atoms with Crippen LogP contribution in [0.15, 0.2) is 0 Å². The van der Waals surface area contributed by atoms with E-state index in [1.807, 2.05) is 18.7 Å². The van der Waals surface area contributed by atoms with Crippen LogP contribution in [-0.4, -0.2) is 70.4 Å².